The van der Waals surface area contributed by atoms with Crippen LogP contribution in [0.4, 0.5) is 0 Å². The van der Waals surface area contributed by atoms with Crippen molar-refractivity contribution in [1.29, 1.82) is 0 Å². The Morgan fingerprint density at radius 2 is 1.36 bits per heavy atom. The van der Waals surface area contributed by atoms with Crippen LogP contribution in [0.15, 0.2) is 11.1 Å². The van der Waals surface area contributed by atoms with E-state index in [0.717, 1.165) is 57.4 Å². The topological polar surface area (TPSA) is 52.6 Å². The summed E-state index contributed by atoms with van der Waals surface area (Å²) in [6, 6.07) is 0. The molecule has 2 unspecified atom stereocenters. The van der Waals surface area contributed by atoms with E-state index in [2.05, 4.69) is 27.7 Å². The Bertz CT molecular complexity index is 407. The summed E-state index contributed by atoms with van der Waals surface area (Å²) >= 11 is 5.88. The van der Waals surface area contributed by atoms with E-state index < -0.39 is 11.9 Å². The molecule has 0 aliphatic carbocycles. The maximum Gasteiger partial charge on any atom is 0.350 e. The molecule has 0 aliphatic heterocycles. The SMILES string of the molecule is CCCCC(CC)COC(=O)C=C(Cl)C(=O)OCC(CC)CCCC. The molecule has 146 valence electrons. The molecule has 4 nitrogen and oxygen atoms in total. The zero-order valence-electron chi connectivity index (χ0n) is 16.3. The average molecular weight is 375 g/mol. The van der Waals surface area contributed by atoms with Crippen LogP contribution in [0.1, 0.15) is 79.1 Å². The largest absolute Gasteiger partial charge is 0.462 e. The fourth-order valence-corrected chi connectivity index (χ4v) is 2.61. The highest BCUT2D eigenvalue weighted by Crippen LogP contribution is 2.15. The molecule has 25 heavy (non-hydrogen) atoms. The maximum absolute atomic E-state index is 11.9. The summed E-state index contributed by atoms with van der Waals surface area (Å²) in [6.45, 7) is 9.12. The van der Waals surface area contributed by atoms with Crippen LogP contribution in [0, 0.1) is 11.8 Å². The summed E-state index contributed by atoms with van der Waals surface area (Å²) in [7, 11) is 0. The van der Waals surface area contributed by atoms with Gasteiger partial charge in [-0.2, -0.15) is 0 Å². The molecular formula is C20H35ClO4. The van der Waals surface area contributed by atoms with Gasteiger partial charge in [-0.1, -0.05) is 77.8 Å². The van der Waals surface area contributed by atoms with E-state index in [1.165, 1.54) is 0 Å². The number of hydrogen-bond acceptors (Lipinski definition) is 4. The second-order valence-corrected chi connectivity index (χ2v) is 6.96. The molecule has 0 bridgehead atoms. The normalized spacial score (nSPS) is 14.0. The van der Waals surface area contributed by atoms with Crippen LogP contribution < -0.4 is 0 Å². The lowest BCUT2D eigenvalue weighted by molar-refractivity contribution is -0.142. The fraction of sp³-hybridized carbons (Fsp3) is 0.800. The molecule has 2 atom stereocenters. The molecule has 0 amide bonds. The molecule has 0 fully saturated rings. The van der Waals surface area contributed by atoms with E-state index in [4.69, 9.17) is 21.1 Å². The predicted molar refractivity (Wildman–Crippen MR) is 102 cm³/mol. The number of rotatable bonds is 14. The van der Waals surface area contributed by atoms with E-state index in [9.17, 15) is 9.59 Å². The third-order valence-corrected chi connectivity index (χ3v) is 4.70. The quantitative estimate of drug-likeness (QED) is 0.292. The van der Waals surface area contributed by atoms with Crippen molar-refractivity contribution in [2.24, 2.45) is 11.8 Å². The third kappa shape index (κ3) is 12.0. The summed E-state index contributed by atoms with van der Waals surface area (Å²) < 4.78 is 10.4. The van der Waals surface area contributed by atoms with Gasteiger partial charge in [0.05, 0.1) is 13.2 Å². The Kier molecular flexibility index (Phi) is 14.6. The molecule has 0 saturated carbocycles. The van der Waals surface area contributed by atoms with Gasteiger partial charge in [-0.25, -0.2) is 9.59 Å². The first-order valence-corrected chi connectivity index (χ1v) is 10.1. The lowest BCUT2D eigenvalue weighted by atomic mass is 10.0. The molecule has 0 aliphatic rings. The van der Waals surface area contributed by atoms with Crippen LogP contribution in [0.25, 0.3) is 0 Å². The number of unbranched alkanes of at least 4 members (excludes halogenated alkanes) is 2. The van der Waals surface area contributed by atoms with Crippen molar-refractivity contribution in [3.8, 4) is 0 Å². The van der Waals surface area contributed by atoms with Gasteiger partial charge in [0.2, 0.25) is 0 Å². The maximum atomic E-state index is 11.9. The molecule has 0 aromatic carbocycles. The predicted octanol–water partition coefficient (Wildman–Crippen LogP) is 5.63. The number of esters is 2. The Balaban J connectivity index is 4.29. The van der Waals surface area contributed by atoms with Crippen LogP contribution >= 0.6 is 11.6 Å². The highest BCUT2D eigenvalue weighted by atomic mass is 35.5. The van der Waals surface area contributed by atoms with E-state index in [-0.39, 0.29) is 5.03 Å². The second-order valence-electron chi connectivity index (χ2n) is 6.55. The molecule has 0 N–H and O–H groups in total. The number of hydrogen-bond donors (Lipinski definition) is 0. The lowest BCUT2D eigenvalue weighted by Gasteiger charge is -2.14. The van der Waals surface area contributed by atoms with Crippen molar-refractivity contribution in [2.45, 2.75) is 79.1 Å². The van der Waals surface area contributed by atoms with Crippen LogP contribution in [0.3, 0.4) is 0 Å². The molecule has 0 spiro atoms. The molecule has 0 aromatic heterocycles. The summed E-state index contributed by atoms with van der Waals surface area (Å²) in [6.07, 6.45) is 9.47. The number of carbonyl (C=O) groups excluding carboxylic acids is 2. The second kappa shape index (κ2) is 15.2. The van der Waals surface area contributed by atoms with Crippen molar-refractivity contribution in [1.82, 2.24) is 0 Å². The Hall–Kier alpha value is -1.03. The van der Waals surface area contributed by atoms with E-state index in [0.29, 0.717) is 25.0 Å². The summed E-state index contributed by atoms with van der Waals surface area (Å²) in [4.78, 5) is 23.7. The van der Waals surface area contributed by atoms with Gasteiger partial charge in [-0.05, 0) is 24.7 Å². The van der Waals surface area contributed by atoms with Crippen LogP contribution in [0.5, 0.6) is 0 Å². The molecule has 0 saturated heterocycles. The van der Waals surface area contributed by atoms with E-state index in [1.807, 2.05) is 0 Å². The minimum Gasteiger partial charge on any atom is -0.462 e. The van der Waals surface area contributed by atoms with Gasteiger partial charge >= 0.3 is 11.9 Å². The highest BCUT2D eigenvalue weighted by molar-refractivity contribution is 6.42. The first kappa shape index (κ1) is 24.0. The highest BCUT2D eigenvalue weighted by Gasteiger charge is 2.15. The van der Waals surface area contributed by atoms with Gasteiger partial charge < -0.3 is 9.47 Å². The summed E-state index contributed by atoms with van der Waals surface area (Å²) in [5.41, 5.74) is 0. The number of carbonyl (C=O) groups is 2. The molecule has 0 radical (unpaired) electrons. The van der Waals surface area contributed by atoms with E-state index >= 15 is 0 Å². The molecule has 0 rings (SSSR count). The monoisotopic (exact) mass is 374 g/mol. The Labute approximate surface area is 158 Å². The van der Waals surface area contributed by atoms with Crippen molar-refractivity contribution < 1.29 is 19.1 Å². The standard InChI is InChI=1S/C20H35ClO4/c1-5-9-11-16(7-3)14-24-19(22)13-18(21)20(23)25-15-17(8-4)12-10-6-2/h13,16-17H,5-12,14-15H2,1-4H3. The van der Waals surface area contributed by atoms with Crippen LogP contribution in [-0.4, -0.2) is 25.2 Å². The van der Waals surface area contributed by atoms with Gasteiger partial charge in [0.15, 0.2) is 0 Å². The van der Waals surface area contributed by atoms with Gasteiger partial charge in [-0.3, -0.25) is 0 Å². The summed E-state index contributed by atoms with van der Waals surface area (Å²) in [5.74, 6) is -0.558. The van der Waals surface area contributed by atoms with Crippen LogP contribution in [0.2, 0.25) is 0 Å². The van der Waals surface area contributed by atoms with E-state index in [1.54, 1.807) is 0 Å². The van der Waals surface area contributed by atoms with Crippen molar-refractivity contribution in [2.75, 3.05) is 13.2 Å². The fourth-order valence-electron chi connectivity index (χ4n) is 2.46. The van der Waals surface area contributed by atoms with Crippen molar-refractivity contribution >= 4 is 23.5 Å². The Morgan fingerprint density at radius 3 is 1.80 bits per heavy atom. The summed E-state index contributed by atoms with van der Waals surface area (Å²) in [5, 5.41) is -0.225. The first-order valence-electron chi connectivity index (χ1n) is 9.69. The molecule has 0 heterocycles. The first-order chi connectivity index (χ1) is 12.0. The minimum absolute atomic E-state index is 0.225. The van der Waals surface area contributed by atoms with Crippen molar-refractivity contribution in [3.63, 3.8) is 0 Å². The zero-order chi connectivity index (χ0) is 19.1. The van der Waals surface area contributed by atoms with Crippen LogP contribution in [-0.2, 0) is 19.1 Å². The van der Waals surface area contributed by atoms with Gasteiger partial charge in [-0.15, -0.1) is 0 Å². The van der Waals surface area contributed by atoms with Crippen molar-refractivity contribution in [3.05, 3.63) is 11.1 Å². The lowest BCUT2D eigenvalue weighted by Crippen LogP contribution is -2.16. The average Bonchev–Trinajstić information content (AvgIpc) is 2.61. The van der Waals surface area contributed by atoms with Gasteiger partial charge in [0.25, 0.3) is 0 Å². The number of ether oxygens (including phenoxy) is 2. The minimum atomic E-state index is -0.661. The Morgan fingerprint density at radius 1 is 0.880 bits per heavy atom. The molecule has 0 aromatic rings. The van der Waals surface area contributed by atoms with Gasteiger partial charge in [0.1, 0.15) is 5.03 Å². The third-order valence-electron chi connectivity index (χ3n) is 4.44. The smallest absolute Gasteiger partial charge is 0.350 e. The van der Waals surface area contributed by atoms with Gasteiger partial charge in [0, 0.05) is 6.08 Å². The molecular weight excluding hydrogens is 340 g/mol. The number of halogens is 1. The zero-order valence-corrected chi connectivity index (χ0v) is 17.1. The molecule has 5 heteroatoms.